The van der Waals surface area contributed by atoms with Crippen LogP contribution in [0.2, 0.25) is 0 Å². The Balaban J connectivity index is 4.55. The number of esters is 1. The van der Waals surface area contributed by atoms with E-state index >= 15 is 0 Å². The van der Waals surface area contributed by atoms with Crippen molar-refractivity contribution in [1.82, 2.24) is 5.32 Å². The van der Waals surface area contributed by atoms with E-state index in [1.165, 1.54) is 7.11 Å². The predicted molar refractivity (Wildman–Crippen MR) is 72.5 cm³/mol. The number of amides is 1. The second-order valence-corrected chi connectivity index (χ2v) is 6.15. The van der Waals surface area contributed by atoms with Gasteiger partial charge in [-0.3, -0.25) is 4.79 Å². The highest BCUT2D eigenvalue weighted by atomic mass is 19.4. The van der Waals surface area contributed by atoms with Crippen LogP contribution in [-0.2, 0) is 14.3 Å². The van der Waals surface area contributed by atoms with Gasteiger partial charge in [0.2, 0.25) is 5.91 Å². The Labute approximate surface area is 123 Å². The van der Waals surface area contributed by atoms with Crippen LogP contribution < -0.4 is 5.32 Å². The average molecular weight is 311 g/mol. The summed E-state index contributed by atoms with van der Waals surface area (Å²) in [4.78, 5) is 23.3. The highest BCUT2D eigenvalue weighted by Crippen LogP contribution is 2.40. The summed E-state index contributed by atoms with van der Waals surface area (Å²) in [5, 5.41) is 2.44. The van der Waals surface area contributed by atoms with Gasteiger partial charge < -0.3 is 10.1 Å². The van der Waals surface area contributed by atoms with E-state index in [1.54, 1.807) is 0 Å². The topological polar surface area (TPSA) is 55.4 Å². The Morgan fingerprint density at radius 2 is 1.71 bits per heavy atom. The van der Waals surface area contributed by atoms with E-state index in [-0.39, 0.29) is 18.8 Å². The molecule has 0 rings (SSSR count). The summed E-state index contributed by atoms with van der Waals surface area (Å²) < 4.78 is 42.7. The van der Waals surface area contributed by atoms with Gasteiger partial charge in [-0.2, -0.15) is 13.2 Å². The molecule has 0 aromatic carbocycles. The quantitative estimate of drug-likeness (QED) is 0.735. The molecule has 0 saturated heterocycles. The molecule has 0 aliphatic carbocycles. The number of rotatable bonds is 7. The monoisotopic (exact) mass is 311 g/mol. The van der Waals surface area contributed by atoms with Crippen molar-refractivity contribution in [2.75, 3.05) is 7.11 Å². The van der Waals surface area contributed by atoms with Crippen LogP contribution in [0.15, 0.2) is 0 Å². The summed E-state index contributed by atoms with van der Waals surface area (Å²) in [6.45, 7) is 5.84. The van der Waals surface area contributed by atoms with Crippen molar-refractivity contribution in [3.05, 3.63) is 0 Å². The first kappa shape index (κ1) is 19.7. The summed E-state index contributed by atoms with van der Waals surface area (Å²) in [6.07, 6.45) is -4.62. The molecule has 0 aliphatic heterocycles. The third-order valence-electron chi connectivity index (χ3n) is 3.27. The molecule has 1 N–H and O–H groups in total. The molecular weight excluding hydrogens is 287 g/mol. The molecule has 0 fully saturated rings. The van der Waals surface area contributed by atoms with E-state index in [4.69, 9.17) is 0 Å². The number of hydrogen-bond donors (Lipinski definition) is 1. The van der Waals surface area contributed by atoms with E-state index in [0.29, 0.717) is 6.42 Å². The van der Waals surface area contributed by atoms with Gasteiger partial charge in [0, 0.05) is 6.42 Å². The minimum atomic E-state index is -4.37. The molecule has 124 valence electrons. The van der Waals surface area contributed by atoms with E-state index in [2.05, 4.69) is 10.1 Å². The molecular formula is C14H24F3NO3. The molecule has 21 heavy (non-hydrogen) atoms. The number of ether oxygens (including phenoxy) is 1. The van der Waals surface area contributed by atoms with E-state index in [1.807, 2.05) is 13.8 Å². The van der Waals surface area contributed by atoms with Gasteiger partial charge >= 0.3 is 12.1 Å². The number of methoxy groups -OCH3 is 1. The summed E-state index contributed by atoms with van der Waals surface area (Å²) in [7, 11) is 1.20. The maximum Gasteiger partial charge on any atom is 0.393 e. The molecule has 0 heterocycles. The Morgan fingerprint density at radius 3 is 2.10 bits per heavy atom. The zero-order valence-electron chi connectivity index (χ0n) is 13.1. The molecule has 1 amide bonds. The second-order valence-electron chi connectivity index (χ2n) is 6.15. The van der Waals surface area contributed by atoms with Crippen molar-refractivity contribution in [1.29, 1.82) is 0 Å². The van der Waals surface area contributed by atoms with Gasteiger partial charge in [-0.05, 0) is 18.8 Å². The first-order chi connectivity index (χ1) is 9.40. The van der Waals surface area contributed by atoms with E-state index in [9.17, 15) is 22.8 Å². The van der Waals surface area contributed by atoms with Crippen molar-refractivity contribution in [3.63, 3.8) is 0 Å². The molecule has 0 bridgehead atoms. The molecule has 1 unspecified atom stereocenters. The highest BCUT2D eigenvalue weighted by molar-refractivity contribution is 5.84. The number of carbonyl (C=O) groups excluding carboxylic acids is 2. The van der Waals surface area contributed by atoms with Gasteiger partial charge in [-0.15, -0.1) is 0 Å². The van der Waals surface area contributed by atoms with Crippen LogP contribution in [0.4, 0.5) is 13.2 Å². The van der Waals surface area contributed by atoms with Gasteiger partial charge in [0.15, 0.2) is 0 Å². The lowest BCUT2D eigenvalue weighted by Gasteiger charge is -2.27. The molecule has 0 aliphatic rings. The Hall–Kier alpha value is -1.27. The molecule has 0 radical (unpaired) electrons. The molecule has 0 aromatic rings. The van der Waals surface area contributed by atoms with Crippen molar-refractivity contribution in [2.24, 2.45) is 11.3 Å². The maximum atomic E-state index is 12.7. The fraction of sp³-hybridized carbons (Fsp3) is 0.857. The van der Waals surface area contributed by atoms with Gasteiger partial charge in [0.05, 0.1) is 12.5 Å². The highest BCUT2D eigenvalue weighted by Gasteiger charge is 2.46. The SMILES string of the molecule is COC(=O)C(CC(C)C)NC(=O)CCC(C)(C)C(F)(F)F. The van der Waals surface area contributed by atoms with Gasteiger partial charge in [0.1, 0.15) is 6.04 Å². The third kappa shape index (κ3) is 6.82. The van der Waals surface area contributed by atoms with E-state index < -0.39 is 29.5 Å². The van der Waals surface area contributed by atoms with Crippen molar-refractivity contribution >= 4 is 11.9 Å². The summed E-state index contributed by atoms with van der Waals surface area (Å²) >= 11 is 0. The van der Waals surface area contributed by atoms with Crippen LogP contribution in [0, 0.1) is 11.3 Å². The predicted octanol–water partition coefficient (Wildman–Crippen LogP) is 3.06. The fourth-order valence-electron chi connectivity index (χ4n) is 1.66. The minimum absolute atomic E-state index is 0.140. The number of nitrogens with one attached hydrogen (secondary N) is 1. The minimum Gasteiger partial charge on any atom is -0.467 e. The Bertz CT molecular complexity index is 365. The number of carbonyl (C=O) groups is 2. The lowest BCUT2D eigenvalue weighted by Crippen LogP contribution is -2.43. The zero-order chi connectivity index (χ0) is 16.8. The largest absolute Gasteiger partial charge is 0.467 e. The molecule has 1 atom stereocenters. The van der Waals surface area contributed by atoms with Crippen LogP contribution in [0.25, 0.3) is 0 Å². The fourth-order valence-corrected chi connectivity index (χ4v) is 1.66. The van der Waals surface area contributed by atoms with E-state index in [0.717, 1.165) is 13.8 Å². The number of hydrogen-bond acceptors (Lipinski definition) is 3. The smallest absolute Gasteiger partial charge is 0.393 e. The third-order valence-corrected chi connectivity index (χ3v) is 3.27. The molecule has 0 spiro atoms. The molecule has 7 heteroatoms. The van der Waals surface area contributed by atoms with Crippen LogP contribution in [0.5, 0.6) is 0 Å². The van der Waals surface area contributed by atoms with Gasteiger partial charge in [-0.25, -0.2) is 4.79 Å². The summed E-state index contributed by atoms with van der Waals surface area (Å²) in [5.41, 5.74) is -1.94. The lowest BCUT2D eigenvalue weighted by molar-refractivity contribution is -0.213. The standard InChI is InChI=1S/C14H24F3NO3/c1-9(2)8-10(12(20)21-5)18-11(19)6-7-13(3,4)14(15,16)17/h9-10H,6-8H2,1-5H3,(H,18,19). The zero-order valence-corrected chi connectivity index (χ0v) is 13.1. The van der Waals surface area contributed by atoms with Crippen LogP contribution in [0.3, 0.4) is 0 Å². The normalized spacial score (nSPS) is 14.0. The lowest BCUT2D eigenvalue weighted by atomic mass is 9.87. The van der Waals surface area contributed by atoms with Crippen LogP contribution in [-0.4, -0.2) is 31.2 Å². The van der Waals surface area contributed by atoms with Crippen molar-refractivity contribution in [2.45, 2.75) is 59.2 Å². The van der Waals surface area contributed by atoms with Crippen LogP contribution in [0.1, 0.15) is 47.0 Å². The van der Waals surface area contributed by atoms with Crippen molar-refractivity contribution in [3.8, 4) is 0 Å². The first-order valence-electron chi connectivity index (χ1n) is 6.84. The molecule has 4 nitrogen and oxygen atoms in total. The van der Waals surface area contributed by atoms with Gasteiger partial charge in [0.25, 0.3) is 0 Å². The Kier molecular flexibility index (Phi) is 7.19. The maximum absolute atomic E-state index is 12.7. The second kappa shape index (κ2) is 7.66. The number of halogens is 3. The van der Waals surface area contributed by atoms with Crippen LogP contribution >= 0.6 is 0 Å². The summed E-state index contributed by atoms with van der Waals surface area (Å²) in [5.74, 6) is -1.03. The van der Waals surface area contributed by atoms with Crippen molar-refractivity contribution < 1.29 is 27.5 Å². The summed E-state index contributed by atoms with van der Waals surface area (Å²) in [6, 6.07) is -0.823. The molecule has 0 saturated carbocycles. The van der Waals surface area contributed by atoms with Gasteiger partial charge in [-0.1, -0.05) is 27.7 Å². The average Bonchev–Trinajstić information content (AvgIpc) is 2.32. The first-order valence-corrected chi connectivity index (χ1v) is 6.84. The Morgan fingerprint density at radius 1 is 1.19 bits per heavy atom. The molecule has 0 aromatic heterocycles. The number of alkyl halides is 3.